The first-order valence-electron chi connectivity index (χ1n) is 6.24. The molecule has 2 rings (SSSR count). The average Bonchev–Trinajstić information content (AvgIpc) is 2.46. The Balaban J connectivity index is 2.32. The van der Waals surface area contributed by atoms with Crippen LogP contribution in [0.1, 0.15) is 17.2 Å². The van der Waals surface area contributed by atoms with Gasteiger partial charge in [0, 0.05) is 0 Å². The Morgan fingerprint density at radius 2 is 1.62 bits per heavy atom. The topological polar surface area (TPSA) is 86.5 Å². The normalized spacial score (nSPS) is 12.8. The van der Waals surface area contributed by atoms with Gasteiger partial charge in [-0.3, -0.25) is 4.79 Å². The lowest BCUT2D eigenvalue weighted by atomic mass is 10.1. The number of amides is 1. The second-order valence-corrected chi connectivity index (χ2v) is 6.13. The van der Waals surface area contributed by atoms with Crippen LogP contribution in [0.3, 0.4) is 0 Å². The zero-order chi connectivity index (χ0) is 15.5. The fourth-order valence-corrected chi connectivity index (χ4v) is 2.82. The SMILES string of the molecule is Cc1ccc(S(=O)(=O)O[C@H](C(N)=O)c2ccccc2)cc1. The maximum absolute atomic E-state index is 12.2. The monoisotopic (exact) mass is 305 g/mol. The zero-order valence-electron chi connectivity index (χ0n) is 11.4. The minimum absolute atomic E-state index is 0.0183. The zero-order valence-corrected chi connectivity index (χ0v) is 12.2. The quantitative estimate of drug-likeness (QED) is 0.855. The molecule has 0 spiro atoms. The van der Waals surface area contributed by atoms with Crippen molar-refractivity contribution in [2.45, 2.75) is 17.9 Å². The van der Waals surface area contributed by atoms with Gasteiger partial charge < -0.3 is 5.73 Å². The highest BCUT2D eigenvalue weighted by Crippen LogP contribution is 2.23. The molecule has 1 atom stereocenters. The first-order chi connectivity index (χ1) is 9.90. The molecule has 2 aromatic carbocycles. The minimum atomic E-state index is -4.07. The predicted octanol–water partition coefficient (Wildman–Crippen LogP) is 1.93. The van der Waals surface area contributed by atoms with Crippen LogP contribution < -0.4 is 5.73 Å². The maximum atomic E-state index is 12.2. The number of rotatable bonds is 5. The van der Waals surface area contributed by atoms with Crippen LogP contribution in [0, 0.1) is 6.92 Å². The Morgan fingerprint density at radius 3 is 2.14 bits per heavy atom. The van der Waals surface area contributed by atoms with E-state index in [9.17, 15) is 13.2 Å². The summed E-state index contributed by atoms with van der Waals surface area (Å²) in [5.74, 6) is -0.864. The third kappa shape index (κ3) is 3.68. The summed E-state index contributed by atoms with van der Waals surface area (Å²) < 4.78 is 29.4. The molecule has 0 unspecified atom stereocenters. The fraction of sp³-hybridized carbons (Fsp3) is 0.133. The maximum Gasteiger partial charge on any atom is 0.298 e. The van der Waals surface area contributed by atoms with Crippen LogP contribution in [0.4, 0.5) is 0 Å². The third-order valence-corrected chi connectivity index (χ3v) is 4.19. The number of hydrogen-bond donors (Lipinski definition) is 1. The number of primary amides is 1. The molecular formula is C15H15NO4S. The molecule has 2 aromatic rings. The van der Waals surface area contributed by atoms with Gasteiger partial charge in [-0.05, 0) is 24.6 Å². The molecule has 0 aromatic heterocycles. The molecule has 0 aliphatic rings. The summed E-state index contributed by atoms with van der Waals surface area (Å²) in [6, 6.07) is 14.4. The van der Waals surface area contributed by atoms with E-state index < -0.39 is 22.1 Å². The third-order valence-electron chi connectivity index (χ3n) is 2.89. The molecule has 2 N–H and O–H groups in total. The van der Waals surface area contributed by atoms with E-state index in [0.717, 1.165) is 5.56 Å². The summed E-state index contributed by atoms with van der Waals surface area (Å²) in [5, 5.41) is 0. The van der Waals surface area contributed by atoms with Crippen LogP contribution in [0.15, 0.2) is 59.5 Å². The van der Waals surface area contributed by atoms with Crippen molar-refractivity contribution in [3.05, 3.63) is 65.7 Å². The Labute approximate surface area is 123 Å². The summed E-state index contributed by atoms with van der Waals surface area (Å²) in [6.07, 6.45) is -1.35. The number of aryl methyl sites for hydroxylation is 1. The van der Waals surface area contributed by atoms with E-state index >= 15 is 0 Å². The predicted molar refractivity (Wildman–Crippen MR) is 77.8 cm³/mol. The van der Waals surface area contributed by atoms with Crippen molar-refractivity contribution in [1.82, 2.24) is 0 Å². The van der Waals surface area contributed by atoms with E-state index in [1.165, 1.54) is 12.1 Å². The summed E-state index contributed by atoms with van der Waals surface area (Å²) in [6.45, 7) is 1.84. The van der Waals surface area contributed by atoms with Crippen molar-refractivity contribution in [2.24, 2.45) is 5.73 Å². The Morgan fingerprint density at radius 1 is 1.05 bits per heavy atom. The van der Waals surface area contributed by atoms with Crippen LogP contribution in [0.25, 0.3) is 0 Å². The van der Waals surface area contributed by atoms with Crippen molar-refractivity contribution >= 4 is 16.0 Å². The van der Waals surface area contributed by atoms with Gasteiger partial charge in [0.1, 0.15) is 0 Å². The summed E-state index contributed by atoms with van der Waals surface area (Å²) in [7, 11) is -4.07. The Bertz CT molecular complexity index is 724. The minimum Gasteiger partial charge on any atom is -0.367 e. The van der Waals surface area contributed by atoms with Crippen LogP contribution in [0.2, 0.25) is 0 Å². The molecule has 0 radical (unpaired) electrons. The lowest BCUT2D eigenvalue weighted by Crippen LogP contribution is -2.26. The fourth-order valence-electron chi connectivity index (χ4n) is 1.78. The average molecular weight is 305 g/mol. The van der Waals surface area contributed by atoms with Crippen LogP contribution >= 0.6 is 0 Å². The van der Waals surface area contributed by atoms with Gasteiger partial charge in [0.05, 0.1) is 4.90 Å². The van der Waals surface area contributed by atoms with E-state index in [4.69, 9.17) is 9.92 Å². The second kappa shape index (κ2) is 6.07. The van der Waals surface area contributed by atoms with Crippen molar-refractivity contribution in [1.29, 1.82) is 0 Å². The van der Waals surface area contributed by atoms with Gasteiger partial charge in [0.15, 0.2) is 6.10 Å². The molecule has 21 heavy (non-hydrogen) atoms. The lowest BCUT2D eigenvalue weighted by molar-refractivity contribution is -0.124. The van der Waals surface area contributed by atoms with Crippen molar-refractivity contribution in [2.75, 3.05) is 0 Å². The summed E-state index contributed by atoms with van der Waals surface area (Å²) >= 11 is 0. The number of nitrogens with two attached hydrogens (primary N) is 1. The molecule has 110 valence electrons. The van der Waals surface area contributed by atoms with E-state index in [1.807, 2.05) is 6.92 Å². The lowest BCUT2D eigenvalue weighted by Gasteiger charge is -2.14. The summed E-state index contributed by atoms with van der Waals surface area (Å²) in [5.41, 5.74) is 6.56. The van der Waals surface area contributed by atoms with E-state index in [1.54, 1.807) is 42.5 Å². The highest BCUT2D eigenvalue weighted by Gasteiger charge is 2.27. The van der Waals surface area contributed by atoms with Gasteiger partial charge in [-0.2, -0.15) is 8.42 Å². The van der Waals surface area contributed by atoms with Crippen LogP contribution in [0.5, 0.6) is 0 Å². The molecule has 0 bridgehead atoms. The Kier molecular flexibility index (Phi) is 4.40. The highest BCUT2D eigenvalue weighted by molar-refractivity contribution is 7.86. The molecule has 0 fully saturated rings. The number of benzene rings is 2. The molecule has 0 aliphatic carbocycles. The molecule has 0 heterocycles. The molecule has 1 amide bonds. The number of hydrogen-bond acceptors (Lipinski definition) is 4. The van der Waals surface area contributed by atoms with Gasteiger partial charge in [-0.15, -0.1) is 0 Å². The second-order valence-electron chi connectivity index (χ2n) is 4.56. The molecule has 6 heteroatoms. The van der Waals surface area contributed by atoms with Gasteiger partial charge in [-0.25, -0.2) is 4.18 Å². The van der Waals surface area contributed by atoms with Gasteiger partial charge in [0.2, 0.25) is 0 Å². The molecule has 5 nitrogen and oxygen atoms in total. The molecule has 0 saturated heterocycles. The highest BCUT2D eigenvalue weighted by atomic mass is 32.2. The van der Waals surface area contributed by atoms with Gasteiger partial charge in [0.25, 0.3) is 16.0 Å². The Hall–Kier alpha value is -2.18. The first-order valence-corrected chi connectivity index (χ1v) is 7.65. The van der Waals surface area contributed by atoms with E-state index in [0.29, 0.717) is 5.56 Å². The van der Waals surface area contributed by atoms with Gasteiger partial charge >= 0.3 is 0 Å². The number of carbonyl (C=O) groups excluding carboxylic acids is 1. The smallest absolute Gasteiger partial charge is 0.298 e. The van der Waals surface area contributed by atoms with Crippen molar-refractivity contribution in [3.63, 3.8) is 0 Å². The molecule has 0 saturated carbocycles. The standard InChI is InChI=1S/C15H15NO4S/c1-11-7-9-13(10-8-11)21(18,19)20-14(15(16)17)12-5-3-2-4-6-12/h2-10,14H,1H3,(H2,16,17)/t14-/m0/s1. The van der Waals surface area contributed by atoms with Crippen molar-refractivity contribution in [3.8, 4) is 0 Å². The van der Waals surface area contributed by atoms with E-state index in [2.05, 4.69) is 0 Å². The first kappa shape index (κ1) is 15.2. The van der Waals surface area contributed by atoms with E-state index in [-0.39, 0.29) is 4.90 Å². The molecular weight excluding hydrogens is 290 g/mol. The summed E-state index contributed by atoms with van der Waals surface area (Å²) in [4.78, 5) is 11.5. The van der Waals surface area contributed by atoms with Crippen LogP contribution in [-0.2, 0) is 19.1 Å². The van der Waals surface area contributed by atoms with Gasteiger partial charge in [-0.1, -0.05) is 48.0 Å². The van der Waals surface area contributed by atoms with Crippen molar-refractivity contribution < 1.29 is 17.4 Å². The molecule has 0 aliphatic heterocycles. The number of carbonyl (C=O) groups is 1. The van der Waals surface area contributed by atoms with Crippen LogP contribution in [-0.4, -0.2) is 14.3 Å². The largest absolute Gasteiger partial charge is 0.367 e.